The van der Waals surface area contributed by atoms with Gasteiger partial charge in [-0.2, -0.15) is 0 Å². The van der Waals surface area contributed by atoms with Crippen LogP contribution in [0.3, 0.4) is 0 Å². The van der Waals surface area contributed by atoms with Gasteiger partial charge in [0.05, 0.1) is 6.10 Å². The van der Waals surface area contributed by atoms with E-state index in [9.17, 15) is 15.0 Å². The Bertz CT molecular complexity index is 228. The predicted molar refractivity (Wildman–Crippen MR) is 43.9 cm³/mol. The molecule has 1 saturated heterocycles. The molecule has 3 atom stereocenters. The number of esters is 1. The highest BCUT2D eigenvalue weighted by atomic mass is 16.6. The Balaban J connectivity index is 2.16. The van der Waals surface area contributed by atoms with Gasteiger partial charge in [0.15, 0.2) is 0 Å². The molecule has 0 bridgehead atoms. The van der Waals surface area contributed by atoms with E-state index in [1.54, 1.807) is 0 Å². The summed E-state index contributed by atoms with van der Waals surface area (Å²) in [5.41, 5.74) is -0.769. The van der Waals surface area contributed by atoms with E-state index in [0.717, 1.165) is 6.42 Å². The summed E-state index contributed by atoms with van der Waals surface area (Å²) in [5.74, 6) is -0.256. The monoisotopic (exact) mass is 186 g/mol. The number of ether oxygens (including phenoxy) is 1. The molecule has 0 aromatic heterocycles. The van der Waals surface area contributed by atoms with Gasteiger partial charge in [-0.15, -0.1) is 0 Å². The number of hydrogen-bond donors (Lipinski definition) is 2. The van der Waals surface area contributed by atoms with Gasteiger partial charge in [0.2, 0.25) is 0 Å². The molecular weight excluding hydrogens is 172 g/mol. The summed E-state index contributed by atoms with van der Waals surface area (Å²) in [6, 6.07) is 0. The topological polar surface area (TPSA) is 66.8 Å². The molecule has 74 valence electrons. The van der Waals surface area contributed by atoms with E-state index < -0.39 is 17.8 Å². The van der Waals surface area contributed by atoms with Gasteiger partial charge in [-0.25, -0.2) is 0 Å². The summed E-state index contributed by atoms with van der Waals surface area (Å²) in [5, 5.41) is 19.2. The first-order valence-corrected chi connectivity index (χ1v) is 4.72. The normalized spacial score (nSPS) is 45.2. The Morgan fingerprint density at radius 2 is 2.15 bits per heavy atom. The Morgan fingerprint density at radius 1 is 1.38 bits per heavy atom. The average molecular weight is 186 g/mol. The lowest BCUT2D eigenvalue weighted by molar-refractivity contribution is -0.177. The Morgan fingerprint density at radius 3 is 2.77 bits per heavy atom. The summed E-state index contributed by atoms with van der Waals surface area (Å²) in [6.45, 7) is 0. The molecule has 2 rings (SSSR count). The maximum atomic E-state index is 11.0. The molecule has 0 aromatic carbocycles. The smallest absolute Gasteiger partial charge is 0.306 e. The van der Waals surface area contributed by atoms with E-state index in [2.05, 4.69) is 0 Å². The van der Waals surface area contributed by atoms with E-state index in [1.807, 2.05) is 0 Å². The number of rotatable bonds is 0. The maximum absolute atomic E-state index is 11.0. The van der Waals surface area contributed by atoms with E-state index >= 15 is 0 Å². The van der Waals surface area contributed by atoms with Crippen molar-refractivity contribution in [2.45, 2.75) is 49.9 Å². The van der Waals surface area contributed by atoms with Gasteiger partial charge in [0, 0.05) is 12.8 Å². The van der Waals surface area contributed by atoms with Crippen molar-refractivity contribution in [1.82, 2.24) is 0 Å². The number of aliphatic hydroxyl groups is 2. The maximum Gasteiger partial charge on any atom is 0.306 e. The van der Waals surface area contributed by atoms with Crippen LogP contribution in [-0.2, 0) is 9.53 Å². The van der Waals surface area contributed by atoms with Gasteiger partial charge < -0.3 is 14.9 Å². The van der Waals surface area contributed by atoms with Crippen molar-refractivity contribution in [3.8, 4) is 0 Å². The number of carbonyl (C=O) groups is 1. The third-order valence-corrected chi connectivity index (χ3v) is 3.07. The summed E-state index contributed by atoms with van der Waals surface area (Å²) in [4.78, 5) is 11.0. The zero-order chi connectivity index (χ0) is 9.47. The van der Waals surface area contributed by atoms with Crippen molar-refractivity contribution in [3.05, 3.63) is 0 Å². The van der Waals surface area contributed by atoms with Crippen molar-refractivity contribution in [2.75, 3.05) is 0 Å². The predicted octanol–water partition coefficient (Wildman–Crippen LogP) is -0.0321. The molecule has 1 spiro atoms. The summed E-state index contributed by atoms with van der Waals surface area (Å²) in [7, 11) is 0. The zero-order valence-electron chi connectivity index (χ0n) is 7.40. The molecule has 4 heteroatoms. The zero-order valence-corrected chi connectivity index (χ0v) is 7.40. The molecule has 1 aliphatic heterocycles. The highest BCUT2D eigenvalue weighted by Crippen LogP contribution is 2.40. The molecule has 1 aliphatic carbocycles. The van der Waals surface area contributed by atoms with Crippen LogP contribution in [0, 0.1) is 0 Å². The minimum absolute atomic E-state index is 0.256. The third kappa shape index (κ3) is 1.34. The van der Waals surface area contributed by atoms with Gasteiger partial charge in [0.1, 0.15) is 11.7 Å². The van der Waals surface area contributed by atoms with Gasteiger partial charge in [-0.1, -0.05) is 0 Å². The van der Waals surface area contributed by atoms with Crippen LogP contribution in [-0.4, -0.2) is 34.0 Å². The van der Waals surface area contributed by atoms with Gasteiger partial charge in [0.25, 0.3) is 0 Å². The second kappa shape index (κ2) is 2.96. The summed E-state index contributed by atoms with van der Waals surface area (Å²) < 4.78 is 5.12. The van der Waals surface area contributed by atoms with E-state index in [0.29, 0.717) is 25.7 Å². The lowest BCUT2D eigenvalue weighted by Crippen LogP contribution is -2.51. The van der Waals surface area contributed by atoms with Crippen LogP contribution in [0.15, 0.2) is 0 Å². The van der Waals surface area contributed by atoms with Crippen LogP contribution in [0.2, 0.25) is 0 Å². The van der Waals surface area contributed by atoms with Crippen molar-refractivity contribution in [1.29, 1.82) is 0 Å². The fourth-order valence-corrected chi connectivity index (χ4v) is 2.29. The van der Waals surface area contributed by atoms with Crippen LogP contribution in [0.4, 0.5) is 0 Å². The van der Waals surface area contributed by atoms with Crippen molar-refractivity contribution < 1.29 is 19.7 Å². The lowest BCUT2D eigenvalue weighted by atomic mass is 9.79. The molecule has 4 nitrogen and oxygen atoms in total. The van der Waals surface area contributed by atoms with Gasteiger partial charge in [-0.3, -0.25) is 4.79 Å². The first-order chi connectivity index (χ1) is 6.14. The Labute approximate surface area is 76.5 Å². The van der Waals surface area contributed by atoms with Crippen LogP contribution >= 0.6 is 0 Å². The van der Waals surface area contributed by atoms with Crippen LogP contribution < -0.4 is 0 Å². The number of carbonyl (C=O) groups excluding carboxylic acids is 1. The second-order valence-corrected chi connectivity index (χ2v) is 3.94. The molecular formula is C9H14O4. The number of aliphatic hydroxyl groups excluding tert-OH is 2. The van der Waals surface area contributed by atoms with Crippen molar-refractivity contribution in [3.63, 3.8) is 0 Å². The highest BCUT2D eigenvalue weighted by Gasteiger charge is 2.50. The summed E-state index contributed by atoms with van der Waals surface area (Å²) in [6.07, 6.45) is 1.36. The molecule has 13 heavy (non-hydrogen) atoms. The highest BCUT2D eigenvalue weighted by molar-refractivity contribution is 5.72. The fourth-order valence-electron chi connectivity index (χ4n) is 2.29. The molecule has 0 radical (unpaired) electrons. The second-order valence-electron chi connectivity index (χ2n) is 3.94. The Hall–Kier alpha value is -0.610. The first kappa shape index (κ1) is 8.97. The molecule has 2 N–H and O–H groups in total. The summed E-state index contributed by atoms with van der Waals surface area (Å²) >= 11 is 0. The Kier molecular flexibility index (Phi) is 2.04. The van der Waals surface area contributed by atoms with Gasteiger partial charge in [-0.05, 0) is 19.3 Å². The van der Waals surface area contributed by atoms with Crippen molar-refractivity contribution >= 4 is 5.97 Å². The molecule has 1 saturated carbocycles. The number of hydrogen-bond acceptors (Lipinski definition) is 4. The van der Waals surface area contributed by atoms with E-state index in [4.69, 9.17) is 4.74 Å². The standard InChI is InChI=1S/C9H14O4/c10-6-2-1-4-9(8(6)12)5-3-7(11)13-9/h6,8,10,12H,1-5H2/t6-,8-,9+/m1/s1. The molecule has 2 fully saturated rings. The minimum Gasteiger partial charge on any atom is -0.456 e. The van der Waals surface area contributed by atoms with Crippen molar-refractivity contribution in [2.24, 2.45) is 0 Å². The first-order valence-electron chi connectivity index (χ1n) is 4.72. The van der Waals surface area contributed by atoms with E-state index in [-0.39, 0.29) is 5.97 Å². The van der Waals surface area contributed by atoms with Gasteiger partial charge >= 0.3 is 5.97 Å². The quantitative estimate of drug-likeness (QED) is 0.521. The molecule has 2 aliphatic rings. The fraction of sp³-hybridized carbons (Fsp3) is 0.889. The molecule has 0 unspecified atom stereocenters. The largest absolute Gasteiger partial charge is 0.456 e. The third-order valence-electron chi connectivity index (χ3n) is 3.07. The van der Waals surface area contributed by atoms with Crippen LogP contribution in [0.5, 0.6) is 0 Å². The average Bonchev–Trinajstić information content (AvgIpc) is 2.45. The molecule has 0 amide bonds. The van der Waals surface area contributed by atoms with Crippen LogP contribution in [0.1, 0.15) is 32.1 Å². The SMILES string of the molecule is O=C1CC[C@]2(CCC[C@@H](O)[C@H]2O)O1. The van der Waals surface area contributed by atoms with E-state index in [1.165, 1.54) is 0 Å². The minimum atomic E-state index is -0.896. The van der Waals surface area contributed by atoms with Crippen LogP contribution in [0.25, 0.3) is 0 Å². The lowest BCUT2D eigenvalue weighted by Gasteiger charge is -2.39. The molecule has 1 heterocycles. The molecule has 0 aromatic rings.